The number of nitro groups is 2. The molecule has 0 aliphatic carbocycles. The molecule has 23 heteroatoms. The van der Waals surface area contributed by atoms with E-state index < -0.39 is 50.6 Å². The van der Waals surface area contributed by atoms with Crippen LogP contribution in [0.2, 0.25) is 10.0 Å². The second-order valence-corrected chi connectivity index (χ2v) is 36.3. The first-order valence-corrected chi connectivity index (χ1v) is 44.8. The fraction of sp³-hybridized carbons (Fsp3) is 0.230. The minimum Gasteiger partial charge on any atom is -0.508 e. The Morgan fingerprint density at radius 3 is 0.971 bits per heavy atom. The molecule has 704 valence electrons. The highest BCUT2D eigenvalue weighted by atomic mass is 35.5. The second-order valence-electron chi connectivity index (χ2n) is 35.4. The Balaban J connectivity index is 0.000000177. The predicted molar refractivity (Wildman–Crippen MR) is 534 cm³/mol. The number of para-hydroxylation sites is 2. The summed E-state index contributed by atoms with van der Waals surface area (Å²) in [5.74, 6) is 4.23. The van der Waals surface area contributed by atoms with Crippen LogP contribution in [0, 0.1) is 61.8 Å². The van der Waals surface area contributed by atoms with Crippen molar-refractivity contribution >= 4 is 52.5 Å². The molecule has 0 radical (unpaired) electrons. The number of halogens is 2. The molecule has 5 N–H and O–H groups in total. The maximum atomic E-state index is 12.1. The number of aryl methyl sites for hydroxylation is 6. The molecule has 21 nitrogen and oxygen atoms in total. The number of carbonyl (C=O) groups is 3. The van der Waals surface area contributed by atoms with E-state index in [0.29, 0.717) is 66.6 Å². The number of hydrogen-bond acceptors (Lipinski definition) is 19. The normalized spacial score (nSPS) is 10.9. The molecular weight excluding hydrogens is 1760 g/mol. The van der Waals surface area contributed by atoms with E-state index in [1.54, 1.807) is 44.6 Å². The molecule has 14 rings (SSSR count). The largest absolute Gasteiger partial charge is 0.508 e. The van der Waals surface area contributed by atoms with Crippen molar-refractivity contribution in [1.29, 1.82) is 0 Å². The Morgan fingerprint density at radius 2 is 0.632 bits per heavy atom. The standard InChI is InChI=1S/C29H30O6.C25H28O3.2C23H24O2.C13H8Cl2N2O6/c1-17-7-9-27(33-20(4)30)23(11-17)15-25-13-19(3)14-26(29(25)35-22(6)32)16-24-12-18(2)8-10-28(24)34-21(5)31;1-16-6-8-23(26)19(10-16)14-21-12-18(3)13-22(25(21)28-5)15-20-11-17(2)7-9-24(20)27-4;2*1-23(2,3)19-12-9-17(10-13-19)15-18-11-14-21(16-22(18)24)25-20-7-5-4-6-8-20;14-8-2-6(12(18)10(4-8)16(20)21)1-7-3-9(15)5-11(13(7)19)17(22)23/h7-14H,15-16H2,1-6H3;6-13,26H,14-15H2,1-5H3;2*4-14,16,24H,15H2,1-3H3;2-5,18-19H,1H2. The maximum absolute atomic E-state index is 12.1. The molecule has 0 aliphatic rings. The van der Waals surface area contributed by atoms with E-state index in [1.807, 2.05) is 167 Å². The quantitative estimate of drug-likeness (QED) is 0.0154. The number of esters is 3. The Hall–Kier alpha value is -14.9. The van der Waals surface area contributed by atoms with E-state index in [2.05, 4.69) is 128 Å². The van der Waals surface area contributed by atoms with Gasteiger partial charge in [-0.25, -0.2) is 0 Å². The molecule has 0 saturated carbocycles. The van der Waals surface area contributed by atoms with Gasteiger partial charge in [0.05, 0.1) is 24.1 Å². The van der Waals surface area contributed by atoms with Gasteiger partial charge in [0, 0.05) is 111 Å². The molecule has 0 atom stereocenters. The molecule has 0 bridgehead atoms. The van der Waals surface area contributed by atoms with Gasteiger partial charge in [0.25, 0.3) is 0 Å². The van der Waals surface area contributed by atoms with E-state index in [9.17, 15) is 60.1 Å². The first-order valence-electron chi connectivity index (χ1n) is 44.0. The van der Waals surface area contributed by atoms with Gasteiger partial charge in [-0.2, -0.15) is 0 Å². The molecular formula is C113H114Cl2N2O19. The smallest absolute Gasteiger partial charge is 0.312 e. The van der Waals surface area contributed by atoms with Crippen LogP contribution in [-0.4, -0.2) is 67.5 Å². The number of carbonyl (C=O) groups excluding carboxylic acids is 3. The zero-order chi connectivity index (χ0) is 99.0. The number of phenolic OH excluding ortho intramolecular Hbond substituents is 5. The van der Waals surface area contributed by atoms with Crippen LogP contribution in [0.15, 0.2) is 267 Å². The number of rotatable bonds is 25. The minimum absolute atomic E-state index is 0.000479. The SMILES string of the molecule is CC(=O)Oc1ccc(C)cc1Cc1cc(C)cc(Cc2cc(C)ccc2OC(C)=O)c1OC(C)=O.CC(C)(C)c1ccc(Cc2ccc(Oc3ccccc3)cc2O)cc1.CC(C)(C)c1ccc(Cc2ccc(Oc3ccccc3)cc2O)cc1.COc1ccc(C)cc1Cc1cc(C)cc(Cc2cc(C)ccc2O)c1OC.O=[N+]([O-])c1cc(Cl)cc(Cc2cc(Cl)cc([N+](=O)[O-])c2O)c1O. The van der Waals surface area contributed by atoms with Crippen LogP contribution in [-0.2, 0) is 70.2 Å². The van der Waals surface area contributed by atoms with Crippen LogP contribution in [0.25, 0.3) is 0 Å². The van der Waals surface area contributed by atoms with Gasteiger partial charge in [-0.05, 0) is 203 Å². The van der Waals surface area contributed by atoms with E-state index in [-0.39, 0.29) is 49.9 Å². The molecule has 0 amide bonds. The fourth-order valence-electron chi connectivity index (χ4n) is 15.3. The average molecular weight is 1880 g/mol. The number of benzene rings is 14. The summed E-state index contributed by atoms with van der Waals surface area (Å²) < 4.78 is 39.5. The number of nitrogens with zero attached hydrogens (tertiary/aromatic N) is 2. The molecule has 0 aliphatic heterocycles. The molecule has 0 heterocycles. The van der Waals surface area contributed by atoms with Crippen LogP contribution in [0.3, 0.4) is 0 Å². The van der Waals surface area contributed by atoms with Gasteiger partial charge in [0.2, 0.25) is 0 Å². The third-order valence-electron chi connectivity index (χ3n) is 21.9. The van der Waals surface area contributed by atoms with Crippen LogP contribution in [0.1, 0.15) is 185 Å². The molecule has 0 spiro atoms. The highest BCUT2D eigenvalue weighted by Gasteiger charge is 2.26. The Morgan fingerprint density at radius 1 is 0.309 bits per heavy atom. The van der Waals surface area contributed by atoms with Gasteiger partial charge in [-0.3, -0.25) is 34.6 Å². The first-order chi connectivity index (χ1) is 64.4. The van der Waals surface area contributed by atoms with Crippen molar-refractivity contribution in [1.82, 2.24) is 0 Å². The van der Waals surface area contributed by atoms with Crippen molar-refractivity contribution in [2.75, 3.05) is 14.2 Å². The molecule has 0 saturated heterocycles. The fourth-order valence-corrected chi connectivity index (χ4v) is 15.8. The number of ether oxygens (including phenoxy) is 7. The molecule has 14 aromatic rings. The molecule has 0 fully saturated rings. The van der Waals surface area contributed by atoms with Crippen molar-refractivity contribution in [3.8, 4) is 80.5 Å². The van der Waals surface area contributed by atoms with Crippen molar-refractivity contribution < 1.29 is 82.9 Å². The number of hydrogen-bond donors (Lipinski definition) is 5. The number of methoxy groups -OCH3 is 2. The van der Waals surface area contributed by atoms with Gasteiger partial charge < -0.3 is 58.7 Å². The molecule has 0 unspecified atom stereocenters. The van der Waals surface area contributed by atoms with Crippen molar-refractivity contribution in [2.45, 2.75) is 160 Å². The highest BCUT2D eigenvalue weighted by Crippen LogP contribution is 2.43. The number of phenols is 5. The summed E-state index contributed by atoms with van der Waals surface area (Å²) in [6.07, 6.45) is 3.29. The van der Waals surface area contributed by atoms with Crippen molar-refractivity contribution in [3.63, 3.8) is 0 Å². The van der Waals surface area contributed by atoms with Crippen molar-refractivity contribution in [2.24, 2.45) is 0 Å². The van der Waals surface area contributed by atoms with Crippen LogP contribution in [0.5, 0.6) is 80.5 Å². The Bertz CT molecular complexity index is 6300. The third-order valence-corrected chi connectivity index (χ3v) is 22.3. The average Bonchev–Trinajstić information content (AvgIpc) is 0.799. The highest BCUT2D eigenvalue weighted by molar-refractivity contribution is 6.31. The zero-order valence-corrected chi connectivity index (χ0v) is 81.0. The molecule has 136 heavy (non-hydrogen) atoms. The minimum atomic E-state index is -0.814. The first kappa shape index (κ1) is 103. The summed E-state index contributed by atoms with van der Waals surface area (Å²) in [5.41, 5.74) is 19.8. The third kappa shape index (κ3) is 30.0. The van der Waals surface area contributed by atoms with E-state index in [0.717, 1.165) is 119 Å². The summed E-state index contributed by atoms with van der Waals surface area (Å²) in [4.78, 5) is 55.5. The van der Waals surface area contributed by atoms with E-state index in [1.165, 1.54) is 66.3 Å². The lowest BCUT2D eigenvalue weighted by Gasteiger charge is -2.19. The van der Waals surface area contributed by atoms with Crippen LogP contribution < -0.4 is 33.2 Å². The summed E-state index contributed by atoms with van der Waals surface area (Å²) in [7, 11) is 3.41. The van der Waals surface area contributed by atoms with E-state index >= 15 is 0 Å². The lowest BCUT2D eigenvalue weighted by atomic mass is 9.86. The second kappa shape index (κ2) is 47.1. The van der Waals surface area contributed by atoms with E-state index in [4.69, 9.17) is 56.4 Å². The zero-order valence-electron chi connectivity index (χ0n) is 79.5. The Kier molecular flexibility index (Phi) is 35.7. The lowest BCUT2D eigenvalue weighted by molar-refractivity contribution is -0.386. The Labute approximate surface area is 804 Å². The van der Waals surface area contributed by atoms with Crippen molar-refractivity contribution in [3.05, 3.63) is 420 Å². The topological polar surface area (TPSA) is 303 Å². The van der Waals surface area contributed by atoms with Gasteiger partial charge in [-0.15, -0.1) is 0 Å². The summed E-state index contributed by atoms with van der Waals surface area (Å²) in [6, 6.07) is 83.1. The molecule has 14 aromatic carbocycles. The van der Waals surface area contributed by atoms with Gasteiger partial charge >= 0.3 is 29.3 Å². The summed E-state index contributed by atoms with van der Waals surface area (Å²) in [5, 5.41) is 72.6. The van der Waals surface area contributed by atoms with Crippen LogP contribution in [0.4, 0.5) is 11.4 Å². The predicted octanol–water partition coefficient (Wildman–Crippen LogP) is 27.0. The lowest BCUT2D eigenvalue weighted by Crippen LogP contribution is -2.10. The van der Waals surface area contributed by atoms with Gasteiger partial charge in [0.1, 0.15) is 69.0 Å². The number of nitro benzene ring substituents is 2. The van der Waals surface area contributed by atoms with Gasteiger partial charge in [-0.1, -0.05) is 268 Å². The number of aromatic hydroxyl groups is 5. The van der Waals surface area contributed by atoms with Gasteiger partial charge in [0.15, 0.2) is 11.5 Å². The van der Waals surface area contributed by atoms with Crippen LogP contribution >= 0.6 is 23.2 Å². The summed E-state index contributed by atoms with van der Waals surface area (Å²) >= 11 is 11.5. The monoisotopic (exact) mass is 1870 g/mol. The summed E-state index contributed by atoms with van der Waals surface area (Å²) in [6.45, 7) is 29.4. The molecule has 0 aromatic heterocycles. The maximum Gasteiger partial charge on any atom is 0.312 e.